The lowest BCUT2D eigenvalue weighted by Crippen LogP contribution is -2.36. The summed E-state index contributed by atoms with van der Waals surface area (Å²) in [6, 6.07) is 18.2. The lowest BCUT2D eigenvalue weighted by Gasteiger charge is -2.27. The number of halogens is 3. The van der Waals surface area contributed by atoms with Crippen LogP contribution in [0.5, 0.6) is 0 Å². The van der Waals surface area contributed by atoms with Crippen molar-refractivity contribution < 1.29 is 18.0 Å². The standard InChI is InChI=1S/C29H34F3N3O.C20H24N2O2/c1-33(19-23-8-3-4-11-26(23)29(30,31)32)20-25-17-24-16-21-9-7-10-22(21)18-27(24)35(28(25)36)15-14-34-12-5-2-6-13-34;23-14-18-12-17-11-15-5-4-6-16(15)13-19(17)22(20(18)24)10-9-21-7-2-1-3-8-21/h3-4,8,11,16-18H,2,5-7,9-10,12-15,19-20H2,1H3;11-14H,1-10H2. The number of aldehydes is 1. The third kappa shape index (κ3) is 9.48. The lowest BCUT2D eigenvalue weighted by atomic mass is 10.0. The van der Waals surface area contributed by atoms with E-state index in [0.29, 0.717) is 31.5 Å². The molecule has 2 saturated heterocycles. The molecule has 0 saturated carbocycles. The van der Waals surface area contributed by atoms with Crippen molar-refractivity contribution in [1.29, 1.82) is 0 Å². The summed E-state index contributed by atoms with van der Waals surface area (Å²) in [6.45, 7) is 7.81. The summed E-state index contributed by atoms with van der Waals surface area (Å²) in [7, 11) is 1.78. The van der Waals surface area contributed by atoms with Crippen LogP contribution in [0.15, 0.2) is 70.3 Å². The number of carbonyl (C=O) groups is 1. The molecule has 3 aromatic carbocycles. The molecule has 2 aliphatic heterocycles. The van der Waals surface area contributed by atoms with Crippen molar-refractivity contribution in [3.63, 3.8) is 0 Å². The number of piperidine rings is 2. The Balaban J connectivity index is 0.000000180. The number of carbonyl (C=O) groups excluding carboxylic acids is 1. The quantitative estimate of drug-likeness (QED) is 0.125. The number of hydrogen-bond acceptors (Lipinski definition) is 6. The number of likely N-dealkylation sites (tertiary alicyclic amines) is 2. The number of nitrogens with zero attached hydrogens (tertiary/aromatic N) is 5. The molecular weight excluding hydrogens is 764 g/mol. The molecule has 0 unspecified atom stereocenters. The van der Waals surface area contributed by atoms with E-state index >= 15 is 0 Å². The van der Waals surface area contributed by atoms with E-state index in [-0.39, 0.29) is 28.8 Å². The minimum Gasteiger partial charge on any atom is -0.307 e. The number of pyridine rings is 2. The van der Waals surface area contributed by atoms with Gasteiger partial charge in [-0.25, -0.2) is 0 Å². The van der Waals surface area contributed by atoms with E-state index in [9.17, 15) is 27.6 Å². The molecule has 5 aromatic rings. The van der Waals surface area contributed by atoms with Crippen molar-refractivity contribution in [1.82, 2.24) is 23.8 Å². The summed E-state index contributed by atoms with van der Waals surface area (Å²) in [5, 5.41) is 2.07. The number of aromatic nitrogens is 2. The minimum atomic E-state index is -4.40. The van der Waals surface area contributed by atoms with E-state index in [2.05, 4.69) is 34.1 Å². The molecule has 4 heterocycles. The van der Waals surface area contributed by atoms with Crippen LogP contribution in [0.25, 0.3) is 21.8 Å². The third-order valence-corrected chi connectivity index (χ3v) is 13.2. The zero-order chi connectivity index (χ0) is 41.8. The normalized spacial score (nSPS) is 17.2. The topological polar surface area (TPSA) is 70.8 Å². The largest absolute Gasteiger partial charge is 0.416 e. The van der Waals surface area contributed by atoms with Crippen molar-refractivity contribution >= 4 is 28.1 Å². The van der Waals surface area contributed by atoms with Crippen molar-refractivity contribution in [2.75, 3.05) is 46.3 Å². The Hall–Kier alpha value is -4.58. The second-order valence-corrected chi connectivity index (χ2v) is 17.5. The summed E-state index contributed by atoms with van der Waals surface area (Å²) in [5.74, 6) is 0. The Labute approximate surface area is 350 Å². The average molecular weight is 822 g/mol. The fourth-order valence-corrected chi connectivity index (χ4v) is 10.0. The van der Waals surface area contributed by atoms with E-state index in [4.69, 9.17) is 0 Å². The van der Waals surface area contributed by atoms with Gasteiger partial charge in [0.2, 0.25) is 0 Å². The summed E-state index contributed by atoms with van der Waals surface area (Å²) in [6.07, 6.45) is 10.4. The Morgan fingerprint density at radius 2 is 1.07 bits per heavy atom. The summed E-state index contributed by atoms with van der Waals surface area (Å²) in [5.41, 5.74) is 7.72. The van der Waals surface area contributed by atoms with Gasteiger partial charge in [0, 0.05) is 44.8 Å². The van der Waals surface area contributed by atoms with Gasteiger partial charge in [0.15, 0.2) is 6.29 Å². The Morgan fingerprint density at radius 3 is 1.60 bits per heavy atom. The predicted molar refractivity (Wildman–Crippen MR) is 233 cm³/mol. The molecule has 2 aromatic heterocycles. The van der Waals surface area contributed by atoms with Crippen LogP contribution in [0, 0.1) is 0 Å². The van der Waals surface area contributed by atoms with Crippen LogP contribution in [0.4, 0.5) is 13.2 Å². The van der Waals surface area contributed by atoms with Crippen LogP contribution in [-0.2, 0) is 58.0 Å². The van der Waals surface area contributed by atoms with E-state index in [1.807, 2.05) is 15.2 Å². The second kappa shape index (κ2) is 18.6. The number of alkyl halides is 3. The van der Waals surface area contributed by atoms with Crippen molar-refractivity contribution in [3.8, 4) is 0 Å². The van der Waals surface area contributed by atoms with E-state index < -0.39 is 11.7 Å². The molecule has 8 nitrogen and oxygen atoms in total. The van der Waals surface area contributed by atoms with E-state index in [1.54, 1.807) is 24.1 Å². The van der Waals surface area contributed by atoms with Gasteiger partial charge in [-0.3, -0.25) is 19.3 Å². The van der Waals surface area contributed by atoms with Gasteiger partial charge in [-0.1, -0.05) is 31.0 Å². The molecule has 60 heavy (non-hydrogen) atoms. The fraction of sp³-hybridized carbons (Fsp3) is 0.490. The molecule has 0 atom stereocenters. The van der Waals surface area contributed by atoms with Gasteiger partial charge in [-0.2, -0.15) is 13.2 Å². The third-order valence-electron chi connectivity index (χ3n) is 13.2. The maximum atomic E-state index is 13.7. The van der Waals surface area contributed by atoms with Gasteiger partial charge in [0.25, 0.3) is 11.1 Å². The van der Waals surface area contributed by atoms with E-state index in [1.165, 1.54) is 79.3 Å². The number of aryl methyl sites for hydroxylation is 4. The smallest absolute Gasteiger partial charge is 0.307 e. The first-order chi connectivity index (χ1) is 29.1. The molecule has 0 spiro atoms. The molecule has 0 radical (unpaired) electrons. The average Bonchev–Trinajstić information content (AvgIpc) is 3.91. The number of benzene rings is 3. The molecule has 4 aliphatic rings. The number of hydrogen-bond donors (Lipinski definition) is 0. The highest BCUT2D eigenvalue weighted by atomic mass is 19.4. The van der Waals surface area contributed by atoms with E-state index in [0.717, 1.165) is 99.2 Å². The van der Waals surface area contributed by atoms with Gasteiger partial charge in [-0.05, 0) is 178 Å². The first kappa shape index (κ1) is 42.1. The highest BCUT2D eigenvalue weighted by Crippen LogP contribution is 2.33. The number of rotatable bonds is 11. The van der Waals surface area contributed by atoms with Crippen LogP contribution in [0.2, 0.25) is 0 Å². The van der Waals surface area contributed by atoms with Crippen LogP contribution < -0.4 is 11.1 Å². The molecular formula is C49H58F3N5O3. The highest BCUT2D eigenvalue weighted by molar-refractivity contribution is 5.87. The van der Waals surface area contributed by atoms with Crippen LogP contribution in [0.1, 0.15) is 101 Å². The molecule has 0 N–H and O–H groups in total. The summed E-state index contributed by atoms with van der Waals surface area (Å²) < 4.78 is 44.2. The van der Waals surface area contributed by atoms with Crippen LogP contribution in [0.3, 0.4) is 0 Å². The summed E-state index contributed by atoms with van der Waals surface area (Å²) >= 11 is 0. The second-order valence-electron chi connectivity index (χ2n) is 17.5. The van der Waals surface area contributed by atoms with Gasteiger partial charge in [0.1, 0.15) is 0 Å². The Morgan fingerprint density at radius 1 is 0.583 bits per heavy atom. The molecule has 9 rings (SSSR count). The maximum absolute atomic E-state index is 13.7. The van der Waals surface area contributed by atoms with Gasteiger partial charge in [-0.15, -0.1) is 0 Å². The number of fused-ring (bicyclic) bond motifs is 4. The molecule has 0 bridgehead atoms. The highest BCUT2D eigenvalue weighted by Gasteiger charge is 2.33. The van der Waals surface area contributed by atoms with Crippen molar-refractivity contribution in [2.45, 2.75) is 109 Å². The van der Waals surface area contributed by atoms with Gasteiger partial charge in [0.05, 0.1) is 22.2 Å². The molecule has 0 amide bonds. The van der Waals surface area contributed by atoms with Crippen LogP contribution in [-0.4, -0.2) is 76.4 Å². The molecule has 318 valence electrons. The molecule has 2 fully saturated rings. The van der Waals surface area contributed by atoms with Gasteiger partial charge < -0.3 is 18.9 Å². The maximum Gasteiger partial charge on any atom is 0.416 e. The SMILES string of the molecule is CN(Cc1ccccc1C(F)(F)F)Cc1cc2cc3c(cc2n(CCN2CCCCC2)c1=O)CCC3.O=Cc1cc2cc3c(cc2n(CCN2CCCCC2)c1=O)CCC3. The zero-order valence-electron chi connectivity index (χ0n) is 35.0. The monoisotopic (exact) mass is 821 g/mol. The van der Waals surface area contributed by atoms with Crippen molar-refractivity contribution in [3.05, 3.63) is 126 Å². The van der Waals surface area contributed by atoms with Crippen molar-refractivity contribution in [2.24, 2.45) is 0 Å². The Bertz CT molecular complexity index is 2460. The zero-order valence-corrected chi connectivity index (χ0v) is 35.0. The summed E-state index contributed by atoms with van der Waals surface area (Å²) in [4.78, 5) is 44.4. The minimum absolute atomic E-state index is 0.0339. The fourth-order valence-electron chi connectivity index (χ4n) is 10.0. The van der Waals surface area contributed by atoms with Crippen LogP contribution >= 0.6 is 0 Å². The molecule has 2 aliphatic carbocycles. The Kier molecular flexibility index (Phi) is 13.0. The lowest BCUT2D eigenvalue weighted by molar-refractivity contribution is -0.138. The molecule has 11 heteroatoms. The van der Waals surface area contributed by atoms with Gasteiger partial charge >= 0.3 is 6.18 Å². The first-order valence-electron chi connectivity index (χ1n) is 22.2. The first-order valence-corrected chi connectivity index (χ1v) is 22.2. The predicted octanol–water partition coefficient (Wildman–Crippen LogP) is 8.42.